The van der Waals surface area contributed by atoms with Crippen molar-refractivity contribution in [3.05, 3.63) is 36.4 Å². The molecule has 1 saturated heterocycles. The van der Waals surface area contributed by atoms with Crippen LogP contribution in [-0.2, 0) is 29.1 Å². The second kappa shape index (κ2) is 15.5. The number of hydrogen-bond donors (Lipinski definition) is 3. The van der Waals surface area contributed by atoms with Crippen LogP contribution in [0.3, 0.4) is 0 Å². The second-order valence-corrected chi connectivity index (χ2v) is 18.7. The van der Waals surface area contributed by atoms with Gasteiger partial charge in [0.25, 0.3) is 5.91 Å². The van der Waals surface area contributed by atoms with E-state index in [0.717, 1.165) is 11.8 Å². The zero-order valence-corrected chi connectivity index (χ0v) is 33.2. The number of fused-ring (bicyclic) bond motifs is 3. The first-order valence-corrected chi connectivity index (χ1v) is 20.9. The zero-order valence-electron chi connectivity index (χ0n) is 31.5. The molecule has 15 nitrogen and oxygen atoms in total. The number of benzene rings is 1. The van der Waals surface area contributed by atoms with Crippen LogP contribution in [0.4, 0.5) is 10.6 Å². The molecule has 1 aromatic carbocycles. The van der Waals surface area contributed by atoms with Crippen molar-refractivity contribution in [2.24, 2.45) is 5.92 Å². The van der Waals surface area contributed by atoms with Crippen LogP contribution in [-0.4, -0.2) is 116 Å². The summed E-state index contributed by atoms with van der Waals surface area (Å²) >= 11 is 1.49. The molecule has 294 valence electrons. The maximum atomic E-state index is 14.5. The first-order chi connectivity index (χ1) is 25.5. The minimum Gasteiger partial charge on any atom is -0.497 e. The Hall–Kier alpha value is -4.25. The van der Waals surface area contributed by atoms with Crippen molar-refractivity contribution in [1.82, 2.24) is 25.2 Å². The van der Waals surface area contributed by atoms with E-state index in [1.807, 2.05) is 49.3 Å². The summed E-state index contributed by atoms with van der Waals surface area (Å²) in [4.78, 5) is 63.6. The van der Waals surface area contributed by atoms with Crippen molar-refractivity contribution < 1.29 is 41.8 Å². The Morgan fingerprint density at radius 3 is 2.59 bits per heavy atom. The standard InChI is InChI=1S/C37H50N6O9S2/c1-36(2,3)52-35(47)38-28-21-53-15-9-7-8-10-23-19-37(23,34(46)41-54(48,49)26-12-13-26)40-31(44)29-18-25(20-43(29)33(28)45)51-32-27-14-11-24(50-6)16-22(27)17-30(39-32)42(4)5/h8,10-11,14,16-17,23,25-26,28-29H,7,9,12-13,15,18-21H2,1-6H3,(H,38,47)(H,40,44)(H,41,46)/b10-8-/t23?,25?,28-,29-,37+/m0/s1. The fraction of sp³-hybridized carbons (Fsp3) is 0.595. The third kappa shape index (κ3) is 8.99. The fourth-order valence-electron chi connectivity index (χ4n) is 6.73. The number of carbonyl (C=O) groups is 4. The second-order valence-electron chi connectivity index (χ2n) is 15.5. The number of allylic oxidation sites excluding steroid dienone is 1. The number of pyridine rings is 1. The molecule has 2 aliphatic carbocycles. The van der Waals surface area contributed by atoms with E-state index < -0.39 is 74.3 Å². The largest absolute Gasteiger partial charge is 0.497 e. The highest BCUT2D eigenvalue weighted by Gasteiger charge is 2.62. The summed E-state index contributed by atoms with van der Waals surface area (Å²) in [7, 11) is 1.39. The number of nitrogens with one attached hydrogen (secondary N) is 3. The number of hydrogen-bond acceptors (Lipinski definition) is 12. The van der Waals surface area contributed by atoms with Gasteiger partial charge in [0.15, 0.2) is 0 Å². The van der Waals surface area contributed by atoms with Crippen LogP contribution in [0.25, 0.3) is 10.8 Å². The molecular weight excluding hydrogens is 737 g/mol. The average Bonchev–Trinajstić information content (AvgIpc) is 4.02. The predicted molar refractivity (Wildman–Crippen MR) is 205 cm³/mol. The summed E-state index contributed by atoms with van der Waals surface area (Å²) in [5.74, 6) is 0.0947. The zero-order chi connectivity index (χ0) is 39.0. The van der Waals surface area contributed by atoms with Gasteiger partial charge in [-0.15, -0.1) is 0 Å². The molecule has 2 aromatic rings. The van der Waals surface area contributed by atoms with E-state index in [4.69, 9.17) is 19.2 Å². The maximum Gasteiger partial charge on any atom is 0.408 e. The lowest BCUT2D eigenvalue weighted by Crippen LogP contribution is -2.58. The molecule has 2 unspecified atom stereocenters. The summed E-state index contributed by atoms with van der Waals surface area (Å²) in [6.45, 7) is 5.14. The third-order valence-corrected chi connectivity index (χ3v) is 12.8. The van der Waals surface area contributed by atoms with E-state index in [1.54, 1.807) is 33.9 Å². The van der Waals surface area contributed by atoms with Crippen molar-refractivity contribution in [1.29, 1.82) is 0 Å². The van der Waals surface area contributed by atoms with E-state index in [-0.39, 0.29) is 25.1 Å². The highest BCUT2D eigenvalue weighted by atomic mass is 32.2. The average molecular weight is 787 g/mol. The summed E-state index contributed by atoms with van der Waals surface area (Å²) in [5.41, 5.74) is -2.33. The Morgan fingerprint density at radius 1 is 1.15 bits per heavy atom. The van der Waals surface area contributed by atoms with Gasteiger partial charge in [-0.25, -0.2) is 13.2 Å². The minimum absolute atomic E-state index is 0.0296. The number of amides is 4. The quantitative estimate of drug-likeness (QED) is 0.333. The first-order valence-electron chi connectivity index (χ1n) is 18.2. The molecule has 0 spiro atoms. The number of methoxy groups -OCH3 is 1. The van der Waals surface area contributed by atoms with Gasteiger partial charge in [-0.2, -0.15) is 16.7 Å². The number of nitrogens with zero attached hydrogens (tertiary/aromatic N) is 3. The smallest absolute Gasteiger partial charge is 0.408 e. The van der Waals surface area contributed by atoms with Gasteiger partial charge in [0.1, 0.15) is 40.9 Å². The SMILES string of the molecule is COc1ccc2c(OC3C[C@H]4C(=O)N[C@]5(C(=O)NS(=O)(=O)C6CC6)CC5/C=C\CCCSC[C@H](NC(=O)OC(C)(C)C)C(=O)N4C3)nc(N(C)C)cc2c1. The summed E-state index contributed by atoms with van der Waals surface area (Å²) in [6, 6.07) is 5.22. The van der Waals surface area contributed by atoms with E-state index in [1.165, 1.54) is 16.7 Å². The van der Waals surface area contributed by atoms with Gasteiger partial charge in [-0.1, -0.05) is 12.2 Å². The first kappa shape index (κ1) is 39.4. The molecule has 17 heteroatoms. The molecule has 54 heavy (non-hydrogen) atoms. The van der Waals surface area contributed by atoms with Crippen LogP contribution < -0.4 is 29.7 Å². The van der Waals surface area contributed by atoms with Gasteiger partial charge >= 0.3 is 6.09 Å². The van der Waals surface area contributed by atoms with Crippen molar-refractivity contribution in [3.8, 4) is 11.6 Å². The molecule has 1 aromatic heterocycles. The van der Waals surface area contributed by atoms with Gasteiger partial charge in [0.2, 0.25) is 27.7 Å². The van der Waals surface area contributed by atoms with Crippen LogP contribution in [0.2, 0.25) is 0 Å². The summed E-state index contributed by atoms with van der Waals surface area (Å²) in [6.07, 6.45) is 4.91. The molecule has 4 amide bonds. The molecular formula is C37H50N6O9S2. The van der Waals surface area contributed by atoms with Gasteiger partial charge in [-0.3, -0.25) is 19.1 Å². The van der Waals surface area contributed by atoms with E-state index in [2.05, 4.69) is 15.4 Å². The maximum absolute atomic E-state index is 14.5. The molecule has 0 bridgehead atoms. The number of sulfonamides is 1. The number of alkyl carbamates (subject to hydrolysis) is 1. The van der Waals surface area contributed by atoms with Gasteiger partial charge in [0, 0.05) is 37.6 Å². The Kier molecular flexibility index (Phi) is 11.3. The lowest BCUT2D eigenvalue weighted by molar-refractivity contribution is -0.140. The molecule has 6 rings (SSSR count). The monoisotopic (exact) mass is 786 g/mol. The molecule has 4 aliphatic rings. The van der Waals surface area contributed by atoms with Crippen LogP contribution in [0, 0.1) is 5.92 Å². The molecule has 5 atom stereocenters. The highest BCUT2D eigenvalue weighted by Crippen LogP contribution is 2.46. The third-order valence-electron chi connectivity index (χ3n) is 9.84. The lowest BCUT2D eigenvalue weighted by atomic mass is 10.1. The van der Waals surface area contributed by atoms with E-state index in [9.17, 15) is 27.6 Å². The number of aromatic nitrogens is 1. The Labute approximate surface area is 320 Å². The van der Waals surface area contributed by atoms with Gasteiger partial charge in [-0.05, 0) is 88.3 Å². The van der Waals surface area contributed by atoms with E-state index in [0.29, 0.717) is 47.8 Å². The summed E-state index contributed by atoms with van der Waals surface area (Å²) < 4.78 is 45.4. The van der Waals surface area contributed by atoms with Crippen LogP contribution in [0.15, 0.2) is 36.4 Å². The van der Waals surface area contributed by atoms with E-state index >= 15 is 0 Å². The van der Waals surface area contributed by atoms with Crippen molar-refractivity contribution in [2.45, 2.75) is 93.9 Å². The molecule has 0 radical (unpaired) electrons. The van der Waals surface area contributed by atoms with Crippen molar-refractivity contribution in [3.63, 3.8) is 0 Å². The van der Waals surface area contributed by atoms with Crippen LogP contribution >= 0.6 is 11.8 Å². The molecule has 3 heterocycles. The van der Waals surface area contributed by atoms with Crippen LogP contribution in [0.5, 0.6) is 11.6 Å². The Morgan fingerprint density at radius 2 is 1.91 bits per heavy atom. The van der Waals surface area contributed by atoms with Crippen molar-refractivity contribution >= 4 is 62.2 Å². The molecule has 3 N–H and O–H groups in total. The van der Waals surface area contributed by atoms with Crippen LogP contribution in [0.1, 0.15) is 59.3 Å². The Bertz CT molecular complexity index is 1930. The normalized spacial score (nSPS) is 27.0. The number of ether oxygens (including phenoxy) is 3. The highest BCUT2D eigenvalue weighted by molar-refractivity contribution is 7.99. The molecule has 2 aliphatic heterocycles. The number of rotatable bonds is 8. The summed E-state index contributed by atoms with van der Waals surface area (Å²) in [5, 5.41) is 6.48. The fourth-order valence-corrected chi connectivity index (χ4v) is 9.09. The molecule has 3 fully saturated rings. The van der Waals surface area contributed by atoms with Gasteiger partial charge < -0.3 is 34.6 Å². The number of thioether (sulfide) groups is 1. The lowest BCUT2D eigenvalue weighted by Gasteiger charge is -2.30. The Balaban J connectivity index is 1.34. The predicted octanol–water partition coefficient (Wildman–Crippen LogP) is 3.12. The number of anilines is 1. The minimum atomic E-state index is -3.90. The number of carbonyl (C=O) groups excluding carboxylic acids is 4. The topological polar surface area (TPSA) is 186 Å². The van der Waals surface area contributed by atoms with Gasteiger partial charge in [0.05, 0.1) is 18.9 Å². The van der Waals surface area contributed by atoms with Crippen molar-refractivity contribution in [2.75, 3.05) is 44.2 Å². The molecule has 2 saturated carbocycles.